The van der Waals surface area contributed by atoms with E-state index in [0.29, 0.717) is 0 Å². The molecule has 4 heteroatoms. The molecule has 1 aromatic rings. The Morgan fingerprint density at radius 3 is 2.81 bits per heavy atom. The first-order chi connectivity index (χ1) is 7.72. The third-order valence-electron chi connectivity index (χ3n) is 3.45. The first-order valence-corrected chi connectivity index (χ1v) is 6.51. The summed E-state index contributed by atoms with van der Waals surface area (Å²) in [6, 6.07) is 0. The number of hydrogen-bond acceptors (Lipinski definition) is 2. The number of nitrogens with one attached hydrogen (secondary N) is 1. The van der Waals surface area contributed by atoms with Gasteiger partial charge < -0.3 is 5.32 Å². The van der Waals surface area contributed by atoms with Gasteiger partial charge in [0.2, 0.25) is 0 Å². The van der Waals surface area contributed by atoms with Crippen LogP contribution in [0.25, 0.3) is 0 Å². The molecule has 0 amide bonds. The van der Waals surface area contributed by atoms with E-state index in [1.165, 1.54) is 24.8 Å². The zero-order valence-electron chi connectivity index (χ0n) is 10.1. The Hall–Kier alpha value is -0.540. The summed E-state index contributed by atoms with van der Waals surface area (Å²) in [5.74, 6) is 0.889. The lowest BCUT2D eigenvalue weighted by Crippen LogP contribution is -2.27. The van der Waals surface area contributed by atoms with Gasteiger partial charge in [-0.2, -0.15) is 5.10 Å². The molecular formula is C12H20ClN3. The van der Waals surface area contributed by atoms with Gasteiger partial charge in [0.1, 0.15) is 5.15 Å². The fourth-order valence-corrected chi connectivity index (χ4v) is 2.37. The van der Waals surface area contributed by atoms with Gasteiger partial charge in [-0.3, -0.25) is 4.68 Å². The monoisotopic (exact) mass is 241 g/mol. The number of hydrogen-bond donors (Lipinski definition) is 1. The third-order valence-corrected chi connectivity index (χ3v) is 3.92. The second-order valence-electron chi connectivity index (χ2n) is 4.62. The highest BCUT2D eigenvalue weighted by Crippen LogP contribution is 2.25. The number of aryl methyl sites for hydroxylation is 2. The van der Waals surface area contributed by atoms with Crippen molar-refractivity contribution in [1.29, 1.82) is 0 Å². The van der Waals surface area contributed by atoms with Gasteiger partial charge in [-0.05, 0) is 31.7 Å². The van der Waals surface area contributed by atoms with Crippen LogP contribution in [0.3, 0.4) is 0 Å². The van der Waals surface area contributed by atoms with E-state index in [-0.39, 0.29) is 0 Å². The second kappa shape index (κ2) is 5.19. The van der Waals surface area contributed by atoms with Crippen LogP contribution in [0.15, 0.2) is 0 Å². The van der Waals surface area contributed by atoms with Crippen molar-refractivity contribution in [3.05, 3.63) is 16.4 Å². The van der Waals surface area contributed by atoms with Gasteiger partial charge >= 0.3 is 0 Å². The predicted molar refractivity (Wildman–Crippen MR) is 66.6 cm³/mol. The summed E-state index contributed by atoms with van der Waals surface area (Å²) >= 11 is 6.22. The van der Waals surface area contributed by atoms with Crippen LogP contribution in [-0.2, 0) is 20.0 Å². The van der Waals surface area contributed by atoms with E-state index < -0.39 is 0 Å². The molecule has 0 radical (unpaired) electrons. The van der Waals surface area contributed by atoms with Crippen molar-refractivity contribution in [3.8, 4) is 0 Å². The molecule has 0 spiro atoms. The highest BCUT2D eigenvalue weighted by molar-refractivity contribution is 6.30. The molecule has 1 N–H and O–H groups in total. The number of nitrogens with zero attached hydrogens (tertiary/aromatic N) is 2. The lowest BCUT2D eigenvalue weighted by atomic mass is 9.85. The minimum absolute atomic E-state index is 0.776. The maximum atomic E-state index is 6.22. The summed E-state index contributed by atoms with van der Waals surface area (Å²) in [5, 5.41) is 8.68. The molecule has 1 aliphatic rings. The molecule has 1 fully saturated rings. The Bertz CT molecular complexity index is 355. The molecule has 0 bridgehead atoms. The summed E-state index contributed by atoms with van der Waals surface area (Å²) in [5.41, 5.74) is 2.29. The minimum Gasteiger partial charge on any atom is -0.312 e. The topological polar surface area (TPSA) is 29.9 Å². The van der Waals surface area contributed by atoms with Gasteiger partial charge in [0.25, 0.3) is 0 Å². The third kappa shape index (κ3) is 2.41. The van der Waals surface area contributed by atoms with Crippen molar-refractivity contribution < 1.29 is 0 Å². The standard InChI is InChI=1S/C12H20ClN3/c1-3-11-10(12(13)16(2)15-11)8-14-7-9-5-4-6-9/h9,14H,3-8H2,1-2H3. The number of aromatic nitrogens is 2. The molecular weight excluding hydrogens is 222 g/mol. The summed E-state index contributed by atoms with van der Waals surface area (Å²) in [4.78, 5) is 0. The van der Waals surface area contributed by atoms with Crippen LogP contribution < -0.4 is 5.32 Å². The fraction of sp³-hybridized carbons (Fsp3) is 0.750. The molecule has 1 aromatic heterocycles. The number of halogens is 1. The quantitative estimate of drug-likeness (QED) is 0.859. The smallest absolute Gasteiger partial charge is 0.131 e. The second-order valence-corrected chi connectivity index (χ2v) is 4.98. The molecule has 0 aliphatic heterocycles. The van der Waals surface area contributed by atoms with E-state index in [4.69, 9.17) is 11.6 Å². The molecule has 2 rings (SSSR count). The Kier molecular flexibility index (Phi) is 3.87. The fourth-order valence-electron chi connectivity index (χ4n) is 2.16. The first kappa shape index (κ1) is 11.9. The van der Waals surface area contributed by atoms with Crippen LogP contribution in [0.5, 0.6) is 0 Å². The van der Waals surface area contributed by atoms with Crippen molar-refractivity contribution in [2.45, 2.75) is 39.2 Å². The van der Waals surface area contributed by atoms with Crippen LogP contribution in [0.4, 0.5) is 0 Å². The Morgan fingerprint density at radius 1 is 1.50 bits per heavy atom. The van der Waals surface area contributed by atoms with Gasteiger partial charge in [0.15, 0.2) is 0 Å². The molecule has 90 valence electrons. The van der Waals surface area contributed by atoms with Crippen molar-refractivity contribution in [1.82, 2.24) is 15.1 Å². The van der Waals surface area contributed by atoms with Gasteiger partial charge in [0.05, 0.1) is 5.69 Å². The summed E-state index contributed by atoms with van der Waals surface area (Å²) < 4.78 is 1.76. The minimum atomic E-state index is 0.776. The Balaban J connectivity index is 1.91. The lowest BCUT2D eigenvalue weighted by Gasteiger charge is -2.25. The summed E-state index contributed by atoms with van der Waals surface area (Å²) in [6.45, 7) is 4.09. The molecule has 16 heavy (non-hydrogen) atoms. The molecule has 3 nitrogen and oxygen atoms in total. The average molecular weight is 242 g/mol. The van der Waals surface area contributed by atoms with E-state index in [1.807, 2.05) is 7.05 Å². The maximum absolute atomic E-state index is 6.22. The SMILES string of the molecule is CCc1nn(C)c(Cl)c1CNCC1CCC1. The molecule has 1 aliphatic carbocycles. The van der Waals surface area contributed by atoms with Crippen molar-refractivity contribution in [2.75, 3.05) is 6.54 Å². The highest BCUT2D eigenvalue weighted by atomic mass is 35.5. The van der Waals surface area contributed by atoms with E-state index in [2.05, 4.69) is 17.3 Å². The largest absolute Gasteiger partial charge is 0.312 e. The van der Waals surface area contributed by atoms with Gasteiger partial charge in [0, 0.05) is 19.2 Å². The van der Waals surface area contributed by atoms with Crippen LogP contribution in [-0.4, -0.2) is 16.3 Å². The van der Waals surface area contributed by atoms with E-state index >= 15 is 0 Å². The lowest BCUT2D eigenvalue weighted by molar-refractivity contribution is 0.301. The van der Waals surface area contributed by atoms with Crippen LogP contribution >= 0.6 is 11.6 Å². The zero-order chi connectivity index (χ0) is 11.5. The molecule has 0 aromatic carbocycles. The summed E-state index contributed by atoms with van der Waals surface area (Å²) in [7, 11) is 1.90. The van der Waals surface area contributed by atoms with Gasteiger partial charge in [-0.25, -0.2) is 0 Å². The Labute approximate surface area is 102 Å². The predicted octanol–water partition coefficient (Wildman–Crippen LogP) is 2.53. The normalized spacial score (nSPS) is 16.4. The van der Waals surface area contributed by atoms with Gasteiger partial charge in [-0.15, -0.1) is 0 Å². The van der Waals surface area contributed by atoms with Crippen molar-refractivity contribution >= 4 is 11.6 Å². The van der Waals surface area contributed by atoms with E-state index in [1.54, 1.807) is 4.68 Å². The molecule has 0 saturated heterocycles. The van der Waals surface area contributed by atoms with E-state index in [0.717, 1.165) is 36.3 Å². The van der Waals surface area contributed by atoms with Crippen LogP contribution in [0, 0.1) is 5.92 Å². The van der Waals surface area contributed by atoms with Crippen LogP contribution in [0.2, 0.25) is 5.15 Å². The number of rotatable bonds is 5. The van der Waals surface area contributed by atoms with Gasteiger partial charge in [-0.1, -0.05) is 24.9 Å². The highest BCUT2D eigenvalue weighted by Gasteiger charge is 2.18. The summed E-state index contributed by atoms with van der Waals surface area (Å²) in [6.07, 6.45) is 5.12. The molecule has 0 unspecified atom stereocenters. The Morgan fingerprint density at radius 2 is 2.25 bits per heavy atom. The van der Waals surface area contributed by atoms with Crippen molar-refractivity contribution in [2.24, 2.45) is 13.0 Å². The van der Waals surface area contributed by atoms with Crippen molar-refractivity contribution in [3.63, 3.8) is 0 Å². The first-order valence-electron chi connectivity index (χ1n) is 6.13. The van der Waals surface area contributed by atoms with E-state index in [9.17, 15) is 0 Å². The zero-order valence-corrected chi connectivity index (χ0v) is 10.8. The molecule has 1 saturated carbocycles. The maximum Gasteiger partial charge on any atom is 0.131 e. The molecule has 1 heterocycles. The average Bonchev–Trinajstić information content (AvgIpc) is 2.48. The van der Waals surface area contributed by atoms with Crippen LogP contribution in [0.1, 0.15) is 37.4 Å². The molecule has 0 atom stereocenters.